The van der Waals surface area contributed by atoms with E-state index in [-0.39, 0.29) is 18.4 Å². The van der Waals surface area contributed by atoms with Gasteiger partial charge in [0.05, 0.1) is 6.54 Å². The second-order valence-corrected chi connectivity index (χ2v) is 8.50. The van der Waals surface area contributed by atoms with E-state index < -0.39 is 11.7 Å². The summed E-state index contributed by atoms with van der Waals surface area (Å²) in [6.45, 7) is 4.89. The summed E-state index contributed by atoms with van der Waals surface area (Å²) in [6.07, 6.45) is 5.70. The van der Waals surface area contributed by atoms with E-state index in [1.807, 2.05) is 17.9 Å². The Morgan fingerprint density at radius 2 is 1.94 bits per heavy atom. The Labute approximate surface area is 181 Å². The molecule has 1 aromatic carbocycles. The topological polar surface area (TPSA) is 80.1 Å². The van der Waals surface area contributed by atoms with E-state index in [4.69, 9.17) is 9.15 Å². The number of piperazine rings is 1. The standard InChI is InChI=1S/C24H30N2O5/c1-3-17-13-23(28)31-21-14-19(9-10-20(17)21)30-16(2)24(29)25-11-12-26(22(27)15-25)18-7-5-4-6-8-18/h9-10,13-14,16,18H,3-8,11-12,15H2,1-2H3. The number of ether oxygens (including phenoxy) is 1. The molecular weight excluding hydrogens is 396 g/mol. The lowest BCUT2D eigenvalue weighted by molar-refractivity contribution is -0.150. The van der Waals surface area contributed by atoms with E-state index in [0.717, 1.165) is 30.2 Å². The molecule has 166 valence electrons. The fourth-order valence-corrected chi connectivity index (χ4v) is 4.74. The lowest BCUT2D eigenvalue weighted by atomic mass is 9.93. The predicted octanol–water partition coefficient (Wildman–Crippen LogP) is 3.13. The normalized spacial score (nSPS) is 19.0. The van der Waals surface area contributed by atoms with Crippen molar-refractivity contribution < 1.29 is 18.7 Å². The van der Waals surface area contributed by atoms with Gasteiger partial charge in [0.2, 0.25) is 5.91 Å². The van der Waals surface area contributed by atoms with Crippen molar-refractivity contribution in [2.24, 2.45) is 0 Å². The van der Waals surface area contributed by atoms with E-state index in [1.165, 1.54) is 25.3 Å². The van der Waals surface area contributed by atoms with Crippen LogP contribution in [0.15, 0.2) is 33.5 Å². The molecule has 0 N–H and O–H groups in total. The van der Waals surface area contributed by atoms with Crippen LogP contribution in [-0.2, 0) is 16.0 Å². The maximum absolute atomic E-state index is 12.9. The van der Waals surface area contributed by atoms with E-state index in [2.05, 4.69) is 0 Å². The van der Waals surface area contributed by atoms with Gasteiger partial charge in [-0.05, 0) is 43.9 Å². The first-order valence-corrected chi connectivity index (χ1v) is 11.3. The number of nitrogens with zero attached hydrogens (tertiary/aromatic N) is 2. The number of fused-ring (bicyclic) bond motifs is 1. The van der Waals surface area contributed by atoms with Crippen LogP contribution in [0.4, 0.5) is 0 Å². The Morgan fingerprint density at radius 1 is 1.16 bits per heavy atom. The molecule has 2 heterocycles. The molecule has 0 spiro atoms. The minimum absolute atomic E-state index is 0.0262. The van der Waals surface area contributed by atoms with Gasteiger partial charge in [-0.3, -0.25) is 9.59 Å². The number of carbonyl (C=O) groups excluding carboxylic acids is 2. The SMILES string of the molecule is CCc1cc(=O)oc2cc(OC(C)C(=O)N3CCN(C4CCCCC4)C(=O)C3)ccc12. The van der Waals surface area contributed by atoms with E-state index in [1.54, 1.807) is 24.0 Å². The van der Waals surface area contributed by atoms with Crippen LogP contribution in [0.5, 0.6) is 5.75 Å². The molecule has 2 aromatic rings. The second-order valence-electron chi connectivity index (χ2n) is 8.50. The van der Waals surface area contributed by atoms with Gasteiger partial charge in [-0.1, -0.05) is 26.2 Å². The average molecular weight is 427 g/mol. The van der Waals surface area contributed by atoms with Gasteiger partial charge >= 0.3 is 5.63 Å². The number of rotatable bonds is 5. The maximum atomic E-state index is 12.9. The van der Waals surface area contributed by atoms with Crippen molar-refractivity contribution in [1.82, 2.24) is 9.80 Å². The quantitative estimate of drug-likeness (QED) is 0.687. The van der Waals surface area contributed by atoms with Gasteiger partial charge < -0.3 is 19.0 Å². The minimum Gasteiger partial charge on any atom is -0.481 e. The highest BCUT2D eigenvalue weighted by Gasteiger charge is 2.34. The molecule has 7 nitrogen and oxygen atoms in total. The number of carbonyl (C=O) groups is 2. The lowest BCUT2D eigenvalue weighted by Gasteiger charge is -2.41. The first-order valence-electron chi connectivity index (χ1n) is 11.3. The summed E-state index contributed by atoms with van der Waals surface area (Å²) >= 11 is 0. The first kappa shape index (κ1) is 21.4. The Bertz CT molecular complexity index is 1020. The summed E-state index contributed by atoms with van der Waals surface area (Å²) in [5.41, 5.74) is 0.953. The highest BCUT2D eigenvalue weighted by molar-refractivity contribution is 5.88. The smallest absolute Gasteiger partial charge is 0.336 e. The monoisotopic (exact) mass is 426 g/mol. The largest absolute Gasteiger partial charge is 0.481 e. The molecule has 4 rings (SSSR count). The second kappa shape index (κ2) is 9.12. The minimum atomic E-state index is -0.743. The number of amides is 2. The zero-order valence-electron chi connectivity index (χ0n) is 18.3. The molecule has 1 unspecified atom stereocenters. The van der Waals surface area contributed by atoms with Crippen molar-refractivity contribution in [1.29, 1.82) is 0 Å². The molecule has 7 heteroatoms. The summed E-state index contributed by atoms with van der Waals surface area (Å²) in [5, 5.41) is 0.859. The van der Waals surface area contributed by atoms with E-state index in [9.17, 15) is 14.4 Å². The average Bonchev–Trinajstić information content (AvgIpc) is 2.78. The Kier molecular flexibility index (Phi) is 6.30. The third-order valence-corrected chi connectivity index (χ3v) is 6.43. The molecule has 1 atom stereocenters. The predicted molar refractivity (Wildman–Crippen MR) is 117 cm³/mol. The van der Waals surface area contributed by atoms with Crippen LogP contribution < -0.4 is 10.4 Å². The molecule has 1 aromatic heterocycles. The van der Waals surface area contributed by atoms with Gasteiger partial charge in [-0.2, -0.15) is 0 Å². The molecule has 1 aliphatic heterocycles. The number of hydrogen-bond acceptors (Lipinski definition) is 5. The molecule has 2 aliphatic rings. The van der Waals surface area contributed by atoms with Crippen LogP contribution in [0.1, 0.15) is 51.5 Å². The van der Waals surface area contributed by atoms with Gasteiger partial charge in [0.15, 0.2) is 6.10 Å². The van der Waals surface area contributed by atoms with E-state index in [0.29, 0.717) is 30.5 Å². The van der Waals surface area contributed by atoms with Crippen molar-refractivity contribution in [3.63, 3.8) is 0 Å². The first-order chi connectivity index (χ1) is 15.0. The van der Waals surface area contributed by atoms with Crippen molar-refractivity contribution in [2.75, 3.05) is 19.6 Å². The summed E-state index contributed by atoms with van der Waals surface area (Å²) in [7, 11) is 0. The van der Waals surface area contributed by atoms with Crippen molar-refractivity contribution in [2.45, 2.75) is 64.5 Å². The Morgan fingerprint density at radius 3 is 2.65 bits per heavy atom. The van der Waals surface area contributed by atoms with Crippen LogP contribution in [0.2, 0.25) is 0 Å². The molecule has 1 aliphatic carbocycles. The highest BCUT2D eigenvalue weighted by Crippen LogP contribution is 2.26. The fourth-order valence-electron chi connectivity index (χ4n) is 4.74. The molecule has 2 fully saturated rings. The van der Waals surface area contributed by atoms with Crippen LogP contribution in [0, 0.1) is 0 Å². The van der Waals surface area contributed by atoms with Crippen LogP contribution in [0.3, 0.4) is 0 Å². The van der Waals surface area contributed by atoms with Crippen LogP contribution in [-0.4, -0.2) is 53.4 Å². The van der Waals surface area contributed by atoms with Gasteiger partial charge in [0, 0.05) is 36.7 Å². The Hall–Kier alpha value is -2.83. The molecule has 1 saturated carbocycles. The number of hydrogen-bond donors (Lipinski definition) is 0. The van der Waals surface area contributed by atoms with Gasteiger partial charge in [-0.25, -0.2) is 4.79 Å². The molecule has 1 saturated heterocycles. The Balaban J connectivity index is 1.40. The molecule has 0 bridgehead atoms. The van der Waals surface area contributed by atoms with Crippen LogP contribution >= 0.6 is 0 Å². The number of benzene rings is 1. The van der Waals surface area contributed by atoms with E-state index >= 15 is 0 Å². The maximum Gasteiger partial charge on any atom is 0.336 e. The highest BCUT2D eigenvalue weighted by atomic mass is 16.5. The van der Waals surface area contributed by atoms with Gasteiger partial charge in [-0.15, -0.1) is 0 Å². The summed E-state index contributed by atoms with van der Waals surface area (Å²) in [5.74, 6) is 0.274. The van der Waals surface area contributed by atoms with Crippen molar-refractivity contribution >= 4 is 22.8 Å². The fraction of sp³-hybridized carbons (Fsp3) is 0.542. The van der Waals surface area contributed by atoms with Gasteiger partial charge in [0.1, 0.15) is 11.3 Å². The molecular formula is C24H30N2O5. The third-order valence-electron chi connectivity index (χ3n) is 6.43. The zero-order valence-corrected chi connectivity index (χ0v) is 18.3. The molecule has 2 amide bonds. The number of aryl methyl sites for hydroxylation is 1. The van der Waals surface area contributed by atoms with Crippen molar-refractivity contribution in [3.8, 4) is 5.75 Å². The molecule has 0 radical (unpaired) electrons. The summed E-state index contributed by atoms with van der Waals surface area (Å²) in [4.78, 5) is 40.9. The summed E-state index contributed by atoms with van der Waals surface area (Å²) < 4.78 is 11.2. The lowest BCUT2D eigenvalue weighted by Crippen LogP contribution is -2.57. The van der Waals surface area contributed by atoms with Crippen LogP contribution in [0.25, 0.3) is 11.0 Å². The molecule has 31 heavy (non-hydrogen) atoms. The van der Waals surface area contributed by atoms with Gasteiger partial charge in [0.25, 0.3) is 5.91 Å². The zero-order chi connectivity index (χ0) is 22.0. The third kappa shape index (κ3) is 4.60. The van der Waals surface area contributed by atoms with Crippen molar-refractivity contribution in [3.05, 3.63) is 40.2 Å². The summed E-state index contributed by atoms with van der Waals surface area (Å²) in [6, 6.07) is 7.09.